The van der Waals surface area contributed by atoms with Crippen LogP contribution in [0.2, 0.25) is 0 Å². The van der Waals surface area contributed by atoms with Crippen LogP contribution < -0.4 is 20.5 Å². The quantitative estimate of drug-likeness (QED) is 0.382. The van der Waals surface area contributed by atoms with Gasteiger partial charge in [-0.15, -0.1) is 11.3 Å². The molecular weight excluding hydrogens is 508 g/mol. The lowest BCUT2D eigenvalue weighted by atomic mass is 10.1. The van der Waals surface area contributed by atoms with Gasteiger partial charge in [-0.1, -0.05) is 4.73 Å². The SMILES string of the molecule is O=C(On1c(OC2CNCCC2F)nc(-c2n[nH]c3ccc(-c4nccs4)cc23)cc1=O)C(F)(F)F. The second-order valence-corrected chi connectivity index (χ2v) is 8.66. The van der Waals surface area contributed by atoms with Crippen molar-refractivity contribution in [2.75, 3.05) is 13.1 Å². The molecule has 3 aromatic heterocycles. The molecule has 2 atom stereocenters. The summed E-state index contributed by atoms with van der Waals surface area (Å²) in [6.07, 6.45) is -6.36. The van der Waals surface area contributed by atoms with Crippen molar-refractivity contribution in [3.05, 3.63) is 46.2 Å². The van der Waals surface area contributed by atoms with Crippen LogP contribution in [0, 0.1) is 0 Å². The van der Waals surface area contributed by atoms with Crippen LogP contribution in [0.4, 0.5) is 17.6 Å². The lowest BCUT2D eigenvalue weighted by Gasteiger charge is -2.27. The summed E-state index contributed by atoms with van der Waals surface area (Å²) < 4.78 is 58.2. The summed E-state index contributed by atoms with van der Waals surface area (Å²) in [5.74, 6) is -2.67. The van der Waals surface area contributed by atoms with Crippen LogP contribution in [0.1, 0.15) is 6.42 Å². The third kappa shape index (κ3) is 4.66. The summed E-state index contributed by atoms with van der Waals surface area (Å²) in [5.41, 5.74) is 0.244. The summed E-state index contributed by atoms with van der Waals surface area (Å²) >= 11 is 1.41. The van der Waals surface area contributed by atoms with Gasteiger partial charge in [0.25, 0.3) is 5.56 Å². The minimum atomic E-state index is -5.39. The van der Waals surface area contributed by atoms with Crippen LogP contribution in [-0.4, -0.2) is 62.4 Å². The lowest BCUT2D eigenvalue weighted by Crippen LogP contribution is -2.47. The second kappa shape index (κ2) is 9.31. The number of aromatic amines is 1. The Kier molecular flexibility index (Phi) is 6.17. The summed E-state index contributed by atoms with van der Waals surface area (Å²) in [7, 11) is 0. The zero-order chi connectivity index (χ0) is 25.4. The molecule has 1 aliphatic heterocycles. The first kappa shape index (κ1) is 23.9. The number of carbonyl (C=O) groups is 1. The Balaban J connectivity index is 1.60. The molecule has 2 unspecified atom stereocenters. The molecule has 5 rings (SSSR count). The van der Waals surface area contributed by atoms with Gasteiger partial charge in [-0.3, -0.25) is 9.89 Å². The Labute approximate surface area is 202 Å². The third-order valence-corrected chi connectivity index (χ3v) is 6.17. The first-order valence-corrected chi connectivity index (χ1v) is 11.4. The van der Waals surface area contributed by atoms with E-state index in [0.29, 0.717) is 17.4 Å². The van der Waals surface area contributed by atoms with Gasteiger partial charge < -0.3 is 14.9 Å². The molecular formula is C21H16F4N6O4S. The fourth-order valence-corrected chi connectivity index (χ4v) is 4.26. The van der Waals surface area contributed by atoms with Gasteiger partial charge in [0, 0.05) is 35.1 Å². The molecule has 0 spiro atoms. The van der Waals surface area contributed by atoms with E-state index in [1.165, 1.54) is 11.3 Å². The van der Waals surface area contributed by atoms with Gasteiger partial charge in [-0.2, -0.15) is 23.3 Å². The Morgan fingerprint density at radius 2 is 2.08 bits per heavy atom. The number of rotatable bonds is 5. The second-order valence-electron chi connectivity index (χ2n) is 7.77. The van der Waals surface area contributed by atoms with E-state index in [1.807, 2.05) is 6.07 Å². The average molecular weight is 524 g/mol. The first-order chi connectivity index (χ1) is 17.2. The molecule has 0 radical (unpaired) electrons. The van der Waals surface area contributed by atoms with E-state index in [2.05, 4.69) is 30.3 Å². The number of H-pyrrole nitrogens is 1. The van der Waals surface area contributed by atoms with Crippen LogP contribution >= 0.6 is 11.3 Å². The van der Waals surface area contributed by atoms with E-state index in [4.69, 9.17) is 4.74 Å². The maximum absolute atomic E-state index is 14.4. The minimum Gasteiger partial charge on any atom is -0.455 e. The smallest absolute Gasteiger partial charge is 0.455 e. The van der Waals surface area contributed by atoms with Crippen molar-refractivity contribution in [1.29, 1.82) is 0 Å². The summed E-state index contributed by atoms with van der Waals surface area (Å²) in [6, 6.07) is 5.34. The van der Waals surface area contributed by atoms with Gasteiger partial charge in [-0.05, 0) is 31.2 Å². The van der Waals surface area contributed by atoms with Crippen molar-refractivity contribution in [3.63, 3.8) is 0 Å². The van der Waals surface area contributed by atoms with Crippen molar-refractivity contribution in [2.24, 2.45) is 0 Å². The normalized spacial score (nSPS) is 18.3. The highest BCUT2D eigenvalue weighted by atomic mass is 32.1. The van der Waals surface area contributed by atoms with Crippen LogP contribution in [0.25, 0.3) is 32.9 Å². The number of carbonyl (C=O) groups excluding carboxylic acids is 1. The zero-order valence-corrected chi connectivity index (χ0v) is 18.9. The molecule has 0 bridgehead atoms. The number of aromatic nitrogens is 5. The van der Waals surface area contributed by atoms with E-state index >= 15 is 0 Å². The number of nitrogens with one attached hydrogen (secondary N) is 2. The van der Waals surface area contributed by atoms with Crippen molar-refractivity contribution < 1.29 is 31.9 Å². The van der Waals surface area contributed by atoms with E-state index in [0.717, 1.165) is 16.6 Å². The summed E-state index contributed by atoms with van der Waals surface area (Å²) in [6.45, 7) is 0.363. The number of nitrogens with zero attached hydrogens (tertiary/aromatic N) is 4. The van der Waals surface area contributed by atoms with Gasteiger partial charge in [0.05, 0.1) is 5.52 Å². The average Bonchev–Trinajstić information content (AvgIpc) is 3.51. The predicted molar refractivity (Wildman–Crippen MR) is 119 cm³/mol. The molecule has 0 amide bonds. The number of hydrogen-bond donors (Lipinski definition) is 2. The molecule has 1 fully saturated rings. The fraction of sp³-hybridized carbons (Fsp3) is 0.286. The molecule has 36 heavy (non-hydrogen) atoms. The number of halogens is 4. The fourth-order valence-electron chi connectivity index (χ4n) is 3.62. The molecule has 188 valence electrons. The molecule has 4 aromatic rings. The van der Waals surface area contributed by atoms with E-state index in [-0.39, 0.29) is 29.1 Å². The molecule has 2 N–H and O–H groups in total. The van der Waals surface area contributed by atoms with Crippen molar-refractivity contribution in [2.45, 2.75) is 24.9 Å². The maximum Gasteiger partial charge on any atom is 0.493 e. The minimum absolute atomic E-state index is 0.00298. The molecule has 15 heteroatoms. The number of ether oxygens (including phenoxy) is 1. The molecule has 1 aliphatic rings. The van der Waals surface area contributed by atoms with Gasteiger partial charge in [0.15, 0.2) is 0 Å². The number of hydrogen-bond acceptors (Lipinski definition) is 9. The molecule has 1 aromatic carbocycles. The standard InChI is InChI=1S/C21H16F4N6O4S/c22-12-3-4-26-9-15(12)34-20-28-14(8-16(32)31(20)35-19(33)21(23,24)25)17-11-7-10(18-27-5-6-36-18)1-2-13(11)29-30-17/h1-2,5-8,12,15,26H,3-4,9H2,(H,29,30). The molecule has 1 saturated heterocycles. The van der Waals surface area contributed by atoms with Crippen molar-refractivity contribution in [1.82, 2.24) is 30.2 Å². The van der Waals surface area contributed by atoms with Crippen molar-refractivity contribution >= 4 is 28.2 Å². The van der Waals surface area contributed by atoms with Gasteiger partial charge in [0.1, 0.15) is 28.7 Å². The molecule has 0 saturated carbocycles. The highest BCUT2D eigenvalue weighted by Crippen LogP contribution is 2.31. The predicted octanol–water partition coefficient (Wildman–Crippen LogP) is 2.51. The topological polar surface area (TPSA) is 124 Å². The largest absolute Gasteiger partial charge is 0.493 e. The number of alkyl halides is 4. The maximum atomic E-state index is 14.4. The number of fused-ring (bicyclic) bond motifs is 1. The van der Waals surface area contributed by atoms with Crippen molar-refractivity contribution in [3.8, 4) is 28.0 Å². The summed E-state index contributed by atoms with van der Waals surface area (Å²) in [4.78, 5) is 36.8. The number of thiazole rings is 1. The van der Waals surface area contributed by atoms with Gasteiger partial charge >= 0.3 is 18.2 Å². The van der Waals surface area contributed by atoms with Crippen LogP contribution in [0.3, 0.4) is 0 Å². The van der Waals surface area contributed by atoms with E-state index in [1.54, 1.807) is 23.7 Å². The monoisotopic (exact) mass is 524 g/mol. The van der Waals surface area contributed by atoms with E-state index < -0.39 is 36.0 Å². The third-order valence-electron chi connectivity index (χ3n) is 5.34. The Morgan fingerprint density at radius 1 is 1.25 bits per heavy atom. The highest BCUT2D eigenvalue weighted by molar-refractivity contribution is 7.13. The molecule has 0 aliphatic carbocycles. The number of benzene rings is 1. The number of piperidine rings is 1. The Hall–Kier alpha value is -3.85. The van der Waals surface area contributed by atoms with Crippen LogP contribution in [0.15, 0.2) is 40.6 Å². The zero-order valence-electron chi connectivity index (χ0n) is 18.1. The Morgan fingerprint density at radius 3 is 2.81 bits per heavy atom. The Bertz CT molecular complexity index is 1470. The van der Waals surface area contributed by atoms with Crippen LogP contribution in [-0.2, 0) is 4.79 Å². The lowest BCUT2D eigenvalue weighted by molar-refractivity contribution is -0.201. The highest BCUT2D eigenvalue weighted by Gasteiger charge is 2.43. The first-order valence-electron chi connectivity index (χ1n) is 10.5. The van der Waals surface area contributed by atoms with E-state index in [9.17, 15) is 27.2 Å². The summed E-state index contributed by atoms with van der Waals surface area (Å²) in [5, 5.41) is 12.9. The van der Waals surface area contributed by atoms with Crippen LogP contribution in [0.5, 0.6) is 6.01 Å². The van der Waals surface area contributed by atoms with Gasteiger partial charge in [-0.25, -0.2) is 14.2 Å². The molecule has 10 nitrogen and oxygen atoms in total. The van der Waals surface area contributed by atoms with Gasteiger partial charge in [0.2, 0.25) is 0 Å². The molecule has 4 heterocycles.